The largest absolute Gasteiger partial charge is 0.323 e. The number of rotatable bonds is 5. The van der Waals surface area contributed by atoms with Crippen molar-refractivity contribution >= 4 is 23.2 Å². The van der Waals surface area contributed by atoms with Crippen molar-refractivity contribution in [3.05, 3.63) is 64.5 Å². The van der Waals surface area contributed by atoms with Gasteiger partial charge in [0.1, 0.15) is 18.0 Å². The summed E-state index contributed by atoms with van der Waals surface area (Å²) in [6, 6.07) is 8.08. The second-order valence-electron chi connectivity index (χ2n) is 6.57. The monoisotopic (exact) mass is 411 g/mol. The highest BCUT2D eigenvalue weighted by Crippen LogP contribution is 2.29. The third-order valence-electron chi connectivity index (χ3n) is 4.67. The summed E-state index contributed by atoms with van der Waals surface area (Å²) in [6.45, 7) is 5.77. The van der Waals surface area contributed by atoms with Gasteiger partial charge in [0.15, 0.2) is 11.6 Å². The van der Waals surface area contributed by atoms with E-state index in [1.807, 2.05) is 20.8 Å². The van der Waals surface area contributed by atoms with Gasteiger partial charge in [-0.3, -0.25) is 5.10 Å². The predicted octanol–water partition coefficient (Wildman–Crippen LogP) is 4.77. The molecule has 4 rings (SSSR count). The molecule has 0 radical (unpaired) electrons. The maximum absolute atomic E-state index is 13.2. The van der Waals surface area contributed by atoms with E-state index in [1.54, 1.807) is 22.9 Å². The number of halogens is 2. The molecule has 0 atom stereocenters. The maximum atomic E-state index is 13.2. The Morgan fingerprint density at radius 1 is 1.17 bits per heavy atom. The average molecular weight is 412 g/mol. The molecule has 0 unspecified atom stereocenters. The number of benzene rings is 1. The molecule has 0 aliphatic carbocycles. The van der Waals surface area contributed by atoms with Crippen LogP contribution in [-0.2, 0) is 6.42 Å². The van der Waals surface area contributed by atoms with Gasteiger partial charge >= 0.3 is 0 Å². The normalized spacial score (nSPS) is 11.1. The summed E-state index contributed by atoms with van der Waals surface area (Å²) in [5.41, 5.74) is 4.23. The number of hydrogen-bond acceptors (Lipinski definition) is 5. The van der Waals surface area contributed by atoms with Gasteiger partial charge in [0.05, 0.1) is 22.1 Å². The number of hydrogen-bond donors (Lipinski definition) is 2. The van der Waals surface area contributed by atoms with E-state index in [0.29, 0.717) is 22.5 Å². The Labute approximate surface area is 172 Å². The Kier molecular flexibility index (Phi) is 5.02. The van der Waals surface area contributed by atoms with E-state index < -0.39 is 0 Å². The summed E-state index contributed by atoms with van der Waals surface area (Å²) in [7, 11) is 0. The fourth-order valence-electron chi connectivity index (χ4n) is 3.17. The molecular weight excluding hydrogens is 393 g/mol. The number of anilines is 2. The van der Waals surface area contributed by atoms with Crippen LogP contribution in [0, 0.1) is 19.7 Å². The van der Waals surface area contributed by atoms with Crippen LogP contribution in [0.1, 0.15) is 23.9 Å². The molecule has 0 fully saturated rings. The minimum Gasteiger partial charge on any atom is -0.323 e. The summed E-state index contributed by atoms with van der Waals surface area (Å²) in [5.74, 6) is 1.55. The molecule has 0 bridgehead atoms. The second kappa shape index (κ2) is 7.63. The lowest BCUT2D eigenvalue weighted by Gasteiger charge is -2.08. The number of aromatic nitrogens is 6. The van der Waals surface area contributed by atoms with E-state index in [-0.39, 0.29) is 5.82 Å². The number of aryl methyl sites for hydroxylation is 1. The minimum absolute atomic E-state index is 0.276. The Balaban J connectivity index is 1.66. The molecule has 0 saturated carbocycles. The smallest absolute Gasteiger partial charge is 0.159 e. The van der Waals surface area contributed by atoms with Gasteiger partial charge in [0.2, 0.25) is 0 Å². The lowest BCUT2D eigenvalue weighted by Crippen LogP contribution is -2.05. The highest BCUT2D eigenvalue weighted by atomic mass is 35.5. The third kappa shape index (κ3) is 3.58. The zero-order valence-electron chi connectivity index (χ0n) is 16.2. The van der Waals surface area contributed by atoms with E-state index in [9.17, 15) is 4.39 Å². The van der Waals surface area contributed by atoms with Gasteiger partial charge in [-0.2, -0.15) is 10.2 Å². The highest BCUT2D eigenvalue weighted by molar-refractivity contribution is 6.31. The average Bonchev–Trinajstić information content (AvgIpc) is 3.24. The van der Waals surface area contributed by atoms with Crippen LogP contribution in [0.25, 0.3) is 17.1 Å². The molecule has 0 spiro atoms. The van der Waals surface area contributed by atoms with Gasteiger partial charge in [-0.15, -0.1) is 0 Å². The van der Waals surface area contributed by atoms with Gasteiger partial charge in [0, 0.05) is 17.2 Å². The molecular formula is C20H19ClFN7. The Morgan fingerprint density at radius 3 is 2.59 bits per heavy atom. The van der Waals surface area contributed by atoms with Crippen LogP contribution in [0.3, 0.4) is 0 Å². The van der Waals surface area contributed by atoms with Crippen molar-refractivity contribution in [3.8, 4) is 17.1 Å². The predicted molar refractivity (Wildman–Crippen MR) is 110 cm³/mol. The molecule has 4 aromatic rings. The van der Waals surface area contributed by atoms with Crippen LogP contribution >= 0.6 is 11.6 Å². The number of nitrogens with one attached hydrogen (secondary N) is 2. The first-order chi connectivity index (χ1) is 14.0. The first-order valence-corrected chi connectivity index (χ1v) is 9.50. The van der Waals surface area contributed by atoms with Crippen LogP contribution in [0.15, 0.2) is 36.7 Å². The molecule has 0 aliphatic rings. The summed E-state index contributed by atoms with van der Waals surface area (Å²) in [4.78, 5) is 8.59. The van der Waals surface area contributed by atoms with Crippen molar-refractivity contribution in [1.29, 1.82) is 0 Å². The lowest BCUT2D eigenvalue weighted by molar-refractivity contribution is 0.628. The van der Waals surface area contributed by atoms with Crippen LogP contribution in [0.5, 0.6) is 0 Å². The number of H-pyrrole nitrogens is 1. The molecule has 1 aromatic carbocycles. The van der Waals surface area contributed by atoms with E-state index in [4.69, 9.17) is 11.6 Å². The summed E-state index contributed by atoms with van der Waals surface area (Å²) in [6.07, 6.45) is 2.19. The molecule has 3 heterocycles. The fourth-order valence-corrected chi connectivity index (χ4v) is 3.29. The molecule has 3 aromatic heterocycles. The van der Waals surface area contributed by atoms with Crippen LogP contribution in [-0.4, -0.2) is 29.9 Å². The highest BCUT2D eigenvalue weighted by Gasteiger charge is 2.16. The SMILES string of the molecule is CCc1c(Nc2cc(-n3nc(C)c(Cl)c3C)ncn2)n[nH]c1-c1ccc(F)cc1. The standard InChI is InChI=1S/C20H19ClFN7/c1-4-15-19(13-5-7-14(22)8-6-13)26-27-20(15)25-16-9-17(24-10-23-16)29-12(3)18(21)11(2)28-29/h5-10H,4H2,1-3H3,(H2,23,24,25,26,27). The first-order valence-electron chi connectivity index (χ1n) is 9.12. The molecule has 7 nitrogen and oxygen atoms in total. The fraction of sp³-hybridized carbons (Fsp3) is 0.200. The molecule has 9 heteroatoms. The zero-order chi connectivity index (χ0) is 20.5. The molecule has 0 aliphatic heterocycles. The Morgan fingerprint density at radius 2 is 1.93 bits per heavy atom. The Hall–Kier alpha value is -3.26. The van der Waals surface area contributed by atoms with Crippen LogP contribution in [0.2, 0.25) is 5.02 Å². The van der Waals surface area contributed by atoms with Crippen LogP contribution in [0.4, 0.5) is 16.0 Å². The van der Waals surface area contributed by atoms with Gasteiger partial charge < -0.3 is 5.32 Å². The van der Waals surface area contributed by atoms with Crippen molar-refractivity contribution in [1.82, 2.24) is 29.9 Å². The molecule has 148 valence electrons. The second-order valence-corrected chi connectivity index (χ2v) is 6.95. The maximum Gasteiger partial charge on any atom is 0.159 e. The van der Waals surface area contributed by atoms with E-state index in [0.717, 1.165) is 34.6 Å². The van der Waals surface area contributed by atoms with Crippen molar-refractivity contribution in [2.45, 2.75) is 27.2 Å². The molecule has 29 heavy (non-hydrogen) atoms. The Bertz CT molecular complexity index is 1160. The summed E-state index contributed by atoms with van der Waals surface area (Å²) < 4.78 is 14.9. The van der Waals surface area contributed by atoms with Gasteiger partial charge in [-0.05, 0) is 44.5 Å². The van der Waals surface area contributed by atoms with Gasteiger partial charge in [-0.25, -0.2) is 19.0 Å². The summed E-state index contributed by atoms with van der Waals surface area (Å²) in [5, 5.41) is 15.7. The van der Waals surface area contributed by atoms with Crippen molar-refractivity contribution in [3.63, 3.8) is 0 Å². The topological polar surface area (TPSA) is 84.3 Å². The van der Waals surface area contributed by atoms with E-state index >= 15 is 0 Å². The lowest BCUT2D eigenvalue weighted by atomic mass is 10.1. The molecule has 0 amide bonds. The van der Waals surface area contributed by atoms with Crippen molar-refractivity contribution in [2.75, 3.05) is 5.32 Å². The molecule has 0 saturated heterocycles. The number of aromatic amines is 1. The third-order valence-corrected chi connectivity index (χ3v) is 5.22. The summed E-state index contributed by atoms with van der Waals surface area (Å²) >= 11 is 6.25. The van der Waals surface area contributed by atoms with Crippen LogP contribution < -0.4 is 5.32 Å². The quantitative estimate of drug-likeness (QED) is 0.494. The van der Waals surface area contributed by atoms with E-state index in [1.165, 1.54) is 18.5 Å². The molecule has 2 N–H and O–H groups in total. The number of nitrogens with zero attached hydrogens (tertiary/aromatic N) is 5. The minimum atomic E-state index is -0.276. The van der Waals surface area contributed by atoms with Gasteiger partial charge in [-0.1, -0.05) is 18.5 Å². The van der Waals surface area contributed by atoms with Crippen molar-refractivity contribution < 1.29 is 4.39 Å². The van der Waals surface area contributed by atoms with Crippen molar-refractivity contribution in [2.24, 2.45) is 0 Å². The zero-order valence-corrected chi connectivity index (χ0v) is 16.9. The first kappa shape index (κ1) is 19.1. The van der Waals surface area contributed by atoms with Gasteiger partial charge in [0.25, 0.3) is 0 Å². The van der Waals surface area contributed by atoms with E-state index in [2.05, 4.69) is 30.6 Å².